The lowest BCUT2D eigenvalue weighted by molar-refractivity contribution is -0.113. The van der Waals surface area contributed by atoms with E-state index in [9.17, 15) is 9.59 Å². The molecule has 0 unspecified atom stereocenters. The van der Waals surface area contributed by atoms with Crippen molar-refractivity contribution in [3.05, 3.63) is 0 Å². The molecular weight excluding hydrogens is 90.9 g/mol. The molecule has 0 atom stereocenters. The summed E-state index contributed by atoms with van der Waals surface area (Å²) in [5.74, 6) is 0. The van der Waals surface area contributed by atoms with E-state index in [0.717, 1.165) is 7.28 Å². The van der Waals surface area contributed by atoms with Crippen molar-refractivity contribution < 1.29 is 9.59 Å². The molecule has 0 rings (SSSR count). The Morgan fingerprint density at radius 2 is 1.43 bits per heavy atom. The Morgan fingerprint density at radius 1 is 1.14 bits per heavy atom. The van der Waals surface area contributed by atoms with Crippen LogP contribution in [0.5, 0.6) is 0 Å². The Morgan fingerprint density at radius 3 is 1.43 bits per heavy atom. The van der Waals surface area contributed by atoms with Gasteiger partial charge in [-0.1, -0.05) is 25.2 Å². The largest absolute Gasteiger partial charge is 0.353 e. The van der Waals surface area contributed by atoms with Gasteiger partial charge in [0.05, 0.1) is 0 Å². The van der Waals surface area contributed by atoms with Crippen molar-refractivity contribution in [2.24, 2.45) is 0 Å². The predicted molar refractivity (Wildman–Crippen MR) is 27.1 cm³/mol. The quantitative estimate of drug-likeness (QED) is 0.446. The topological polar surface area (TPSA) is 34.1 Å². The van der Waals surface area contributed by atoms with Gasteiger partial charge in [0.2, 0.25) is 0 Å². The monoisotopic (exact) mass is 97.0 g/mol. The Hall–Kier alpha value is -0.595. The lowest BCUT2D eigenvalue weighted by Crippen LogP contribution is -2.12. The average Bonchev–Trinajstić information content (AvgIpc) is 1.27. The minimum Gasteiger partial charge on any atom is -0.353 e. The molecule has 0 amide bonds. The second-order valence-corrected chi connectivity index (χ2v) is 1.37. The van der Waals surface area contributed by atoms with Crippen molar-refractivity contribution in [1.29, 1.82) is 0 Å². The zero-order valence-corrected chi connectivity index (χ0v) is 4.39. The third-order valence-corrected chi connectivity index (χ3v) is 0.407. The van der Waals surface area contributed by atoms with Gasteiger partial charge in [0, 0.05) is 0 Å². The molecule has 2 radical (unpaired) electrons. The van der Waals surface area contributed by atoms with Gasteiger partial charge >= 0.3 is 0 Å². The first-order valence-corrected chi connectivity index (χ1v) is 1.99. The van der Waals surface area contributed by atoms with E-state index in [4.69, 9.17) is 0 Å². The fourth-order valence-corrected chi connectivity index (χ4v) is 0.286. The van der Waals surface area contributed by atoms with E-state index in [1.54, 1.807) is 0 Å². The second kappa shape index (κ2) is 2.56. The third kappa shape index (κ3) is 5.40. The molecule has 3 heteroatoms. The van der Waals surface area contributed by atoms with Crippen LogP contribution in [0.1, 0.15) is 13.8 Å². The van der Waals surface area contributed by atoms with Gasteiger partial charge in [-0.25, -0.2) is 0 Å². The lowest BCUT2D eigenvalue weighted by atomic mass is 9.70. The summed E-state index contributed by atoms with van der Waals surface area (Å²) >= 11 is 0. The van der Waals surface area contributed by atoms with Crippen molar-refractivity contribution in [3.8, 4) is 0 Å². The van der Waals surface area contributed by atoms with Gasteiger partial charge in [-0.15, -0.1) is 0 Å². The first-order valence-electron chi connectivity index (χ1n) is 1.99. The third-order valence-electron chi connectivity index (χ3n) is 0.407. The van der Waals surface area contributed by atoms with Crippen molar-refractivity contribution in [3.63, 3.8) is 0 Å². The van der Waals surface area contributed by atoms with Gasteiger partial charge in [-0.2, -0.15) is 7.28 Å². The Labute approximate surface area is 43.1 Å². The van der Waals surface area contributed by atoms with E-state index in [0.29, 0.717) is 0 Å². The highest BCUT2D eigenvalue weighted by molar-refractivity contribution is 6.96. The summed E-state index contributed by atoms with van der Waals surface area (Å²) in [4.78, 5) is 20.0. The van der Waals surface area contributed by atoms with Crippen LogP contribution in [0.3, 0.4) is 0 Å². The van der Waals surface area contributed by atoms with Crippen LogP contribution in [0.4, 0.5) is 0 Å². The second-order valence-electron chi connectivity index (χ2n) is 1.37. The fraction of sp³-hybridized carbons (Fsp3) is 0.500. The van der Waals surface area contributed by atoms with Gasteiger partial charge in [-0.05, 0) is 0 Å². The molecule has 0 spiro atoms. The molecular formula is C4H6BO2-. The molecule has 2 nitrogen and oxygen atoms in total. The summed E-state index contributed by atoms with van der Waals surface area (Å²) in [5.41, 5.74) is -0.375. The van der Waals surface area contributed by atoms with Gasteiger partial charge in [0.15, 0.2) is 0 Å². The van der Waals surface area contributed by atoms with Crippen molar-refractivity contribution in [2.45, 2.75) is 13.8 Å². The Bertz CT molecular complexity index is 85.9. The fourth-order valence-electron chi connectivity index (χ4n) is 0.286. The van der Waals surface area contributed by atoms with Crippen LogP contribution in [0.15, 0.2) is 0 Å². The molecule has 0 heterocycles. The first-order chi connectivity index (χ1) is 3.13. The number of rotatable bonds is 2. The van der Waals surface area contributed by atoms with E-state index in [1.165, 1.54) is 13.8 Å². The van der Waals surface area contributed by atoms with Crippen LogP contribution < -0.4 is 0 Å². The minimum atomic E-state index is -0.187. The van der Waals surface area contributed by atoms with E-state index in [2.05, 4.69) is 0 Å². The number of hydrogen-bond acceptors (Lipinski definition) is 2. The van der Waals surface area contributed by atoms with Gasteiger partial charge in [0.1, 0.15) is 0 Å². The maximum Gasteiger partial charge on any atom is -0.0503 e. The maximum absolute atomic E-state index is 9.98. The Balaban J connectivity index is 3.32. The molecule has 0 saturated carbocycles. The van der Waals surface area contributed by atoms with Crippen LogP contribution in [0.2, 0.25) is 0 Å². The molecule has 0 aromatic carbocycles. The molecule has 0 aromatic heterocycles. The summed E-state index contributed by atoms with van der Waals surface area (Å²) in [6.45, 7) is 2.70. The zero-order valence-electron chi connectivity index (χ0n) is 4.39. The lowest BCUT2D eigenvalue weighted by Gasteiger charge is -2.00. The number of carbonyl (C=O) groups is 2. The van der Waals surface area contributed by atoms with Crippen LogP contribution >= 0.6 is 0 Å². The SMILES string of the molecule is CC(=O)[B-]C(C)=O. The maximum atomic E-state index is 9.98. The average molecular weight is 96.9 g/mol. The summed E-state index contributed by atoms with van der Waals surface area (Å²) in [6.07, 6.45) is 0. The van der Waals surface area contributed by atoms with Crippen LogP contribution in [0.25, 0.3) is 0 Å². The van der Waals surface area contributed by atoms with Gasteiger partial charge in [-0.3, -0.25) is 0 Å². The summed E-state index contributed by atoms with van der Waals surface area (Å²) in [7, 11) is 1.06. The van der Waals surface area contributed by atoms with E-state index < -0.39 is 0 Å². The van der Waals surface area contributed by atoms with Crippen LogP contribution in [0, 0.1) is 0 Å². The molecule has 0 fully saturated rings. The highest BCUT2D eigenvalue weighted by Crippen LogP contribution is 1.65. The van der Waals surface area contributed by atoms with Crippen molar-refractivity contribution in [1.82, 2.24) is 0 Å². The summed E-state index contributed by atoms with van der Waals surface area (Å²) < 4.78 is 0. The highest BCUT2D eigenvalue weighted by Gasteiger charge is 1.75. The Kier molecular flexibility index (Phi) is 2.34. The molecule has 0 aliphatic carbocycles. The molecule has 7 heavy (non-hydrogen) atoms. The van der Waals surface area contributed by atoms with Crippen LogP contribution in [-0.2, 0) is 9.59 Å². The highest BCUT2D eigenvalue weighted by atomic mass is 16.1. The van der Waals surface area contributed by atoms with Crippen molar-refractivity contribution >= 4 is 18.6 Å². The normalized spacial score (nSPS) is 8.29. The van der Waals surface area contributed by atoms with E-state index >= 15 is 0 Å². The van der Waals surface area contributed by atoms with Gasteiger partial charge in [0.25, 0.3) is 0 Å². The summed E-state index contributed by atoms with van der Waals surface area (Å²) in [5, 5.41) is 0. The molecule has 0 aromatic rings. The molecule has 0 bridgehead atoms. The molecule has 38 valence electrons. The van der Waals surface area contributed by atoms with Gasteiger partial charge < -0.3 is 9.59 Å². The standard InChI is InChI=1S/C4H6BO2/c1-3(6)5-4(2)7/h1-2H3/q-1. The van der Waals surface area contributed by atoms with Crippen molar-refractivity contribution in [2.75, 3.05) is 0 Å². The molecule has 0 saturated heterocycles. The molecule has 0 N–H and O–H groups in total. The van der Waals surface area contributed by atoms with Crippen LogP contribution in [-0.4, -0.2) is 18.6 Å². The molecule has 0 aliphatic rings. The van der Waals surface area contributed by atoms with E-state index in [1.807, 2.05) is 0 Å². The zero-order chi connectivity index (χ0) is 5.86. The smallest absolute Gasteiger partial charge is 0.0503 e. The number of carbonyl (C=O) groups excluding carboxylic acids is 2. The minimum absolute atomic E-state index is 0.187. The molecule has 0 aliphatic heterocycles. The van der Waals surface area contributed by atoms with E-state index in [-0.39, 0.29) is 11.4 Å². The summed E-state index contributed by atoms with van der Waals surface area (Å²) in [6, 6.07) is 0. The first kappa shape index (κ1) is 6.40. The predicted octanol–water partition coefficient (Wildman–Crippen LogP) is -0.216. The number of hydrogen-bond donors (Lipinski definition) is 0.